The minimum Gasteiger partial charge on any atom is -0.466 e. The molecule has 1 aliphatic rings. The number of carbonyl (C=O) groups excluding carboxylic acids is 1. The minimum absolute atomic E-state index is 0.167. The summed E-state index contributed by atoms with van der Waals surface area (Å²) in [5.74, 6) is -0.223. The molecule has 0 saturated carbocycles. The Morgan fingerprint density at radius 1 is 1.18 bits per heavy atom. The van der Waals surface area contributed by atoms with Gasteiger partial charge < -0.3 is 9.64 Å². The Balaban J connectivity index is 1.43. The second-order valence-corrected chi connectivity index (χ2v) is 9.77. The maximum absolute atomic E-state index is 13.1. The number of hydrogen-bond acceptors (Lipinski definition) is 6. The van der Waals surface area contributed by atoms with E-state index in [1.165, 1.54) is 23.5 Å². The van der Waals surface area contributed by atoms with Crippen LogP contribution < -0.4 is 4.90 Å². The first kappa shape index (κ1) is 24.5. The summed E-state index contributed by atoms with van der Waals surface area (Å²) >= 11 is 1.31. The molecule has 1 atom stereocenters. The zero-order valence-corrected chi connectivity index (χ0v) is 20.3. The molecule has 0 aliphatic carbocycles. The fourth-order valence-corrected chi connectivity index (χ4v) is 5.58. The topological polar surface area (TPSA) is 45.7 Å². The summed E-state index contributed by atoms with van der Waals surface area (Å²) in [7, 11) is 0. The van der Waals surface area contributed by atoms with E-state index >= 15 is 0 Å². The van der Waals surface area contributed by atoms with Crippen molar-refractivity contribution in [3.63, 3.8) is 0 Å². The van der Waals surface area contributed by atoms with E-state index in [0.717, 1.165) is 54.1 Å². The Labute approximate surface area is 201 Å². The number of alkyl halides is 3. The Hall–Kier alpha value is -2.65. The maximum atomic E-state index is 13.1. The van der Waals surface area contributed by atoms with E-state index in [9.17, 15) is 18.0 Å². The predicted molar refractivity (Wildman–Crippen MR) is 128 cm³/mol. The van der Waals surface area contributed by atoms with Gasteiger partial charge in [-0.3, -0.25) is 9.69 Å². The van der Waals surface area contributed by atoms with Crippen molar-refractivity contribution in [3.8, 4) is 0 Å². The molecular formula is C25H28F3N3O2S. The lowest BCUT2D eigenvalue weighted by atomic mass is 10.0. The molecular weight excluding hydrogens is 463 g/mol. The zero-order chi connectivity index (χ0) is 24.5. The number of nitrogens with zero attached hydrogens (tertiary/aromatic N) is 3. The number of aryl methyl sites for hydroxylation is 1. The van der Waals surface area contributed by atoms with Gasteiger partial charge in [0.2, 0.25) is 0 Å². The van der Waals surface area contributed by atoms with E-state index in [2.05, 4.69) is 33.8 Å². The number of aromatic nitrogens is 1. The summed E-state index contributed by atoms with van der Waals surface area (Å²) in [6.45, 7) is 9.45. The highest BCUT2D eigenvalue weighted by Gasteiger charge is 2.31. The fraction of sp³-hybridized carbons (Fsp3) is 0.440. The summed E-state index contributed by atoms with van der Waals surface area (Å²) in [6.07, 6.45) is -4.09. The lowest BCUT2D eigenvalue weighted by molar-refractivity contribution is -0.142. The zero-order valence-electron chi connectivity index (χ0n) is 19.5. The lowest BCUT2D eigenvalue weighted by Gasteiger charge is -2.39. The average Bonchev–Trinajstić information content (AvgIpc) is 3.16. The lowest BCUT2D eigenvalue weighted by Crippen LogP contribution is -2.51. The molecule has 9 heteroatoms. The Morgan fingerprint density at radius 3 is 2.65 bits per heavy atom. The average molecular weight is 492 g/mol. The molecule has 1 aliphatic heterocycles. The number of ether oxygens (including phenoxy) is 1. The van der Waals surface area contributed by atoms with Crippen LogP contribution in [0.2, 0.25) is 0 Å². The second-order valence-electron chi connectivity index (χ2n) is 8.76. The van der Waals surface area contributed by atoms with Crippen molar-refractivity contribution in [2.75, 3.05) is 31.1 Å². The number of carbonyl (C=O) groups is 1. The van der Waals surface area contributed by atoms with Crippen LogP contribution in [0.25, 0.3) is 10.2 Å². The van der Waals surface area contributed by atoms with Crippen LogP contribution in [0.15, 0.2) is 36.4 Å². The number of piperazine rings is 1. The van der Waals surface area contributed by atoms with Gasteiger partial charge in [0.05, 0.1) is 28.8 Å². The van der Waals surface area contributed by atoms with Crippen LogP contribution >= 0.6 is 11.3 Å². The van der Waals surface area contributed by atoms with Crippen LogP contribution in [0.4, 0.5) is 18.3 Å². The Morgan fingerprint density at radius 2 is 1.94 bits per heavy atom. The molecule has 0 spiro atoms. The fourth-order valence-electron chi connectivity index (χ4n) is 4.45. The molecule has 0 amide bonds. The standard InChI is InChI=1S/C25H28F3N3O2S/c1-4-33-23(32)12-18-9-16(2)10-19(11-18)15-30-7-8-31(17(3)14-30)24-29-21-6-5-20(25(26,27)28)13-22(21)34-24/h5-6,9-11,13,17H,4,7-8,12,14-15H2,1-3H3/t17-/m0/s1. The highest BCUT2D eigenvalue weighted by molar-refractivity contribution is 7.22. The molecule has 3 aromatic rings. The van der Waals surface area contributed by atoms with Crippen LogP contribution in [-0.2, 0) is 28.7 Å². The highest BCUT2D eigenvalue weighted by Crippen LogP contribution is 2.36. The van der Waals surface area contributed by atoms with Gasteiger partial charge in [-0.05, 0) is 50.1 Å². The van der Waals surface area contributed by atoms with Crippen molar-refractivity contribution in [3.05, 3.63) is 58.7 Å². The summed E-state index contributed by atoms with van der Waals surface area (Å²) < 4.78 is 44.8. The molecule has 0 radical (unpaired) electrons. The monoisotopic (exact) mass is 491 g/mol. The van der Waals surface area contributed by atoms with E-state index in [0.29, 0.717) is 16.8 Å². The minimum atomic E-state index is -4.36. The quantitative estimate of drug-likeness (QED) is 0.430. The molecule has 5 nitrogen and oxygen atoms in total. The van der Waals surface area contributed by atoms with E-state index < -0.39 is 11.7 Å². The molecule has 34 heavy (non-hydrogen) atoms. The van der Waals surface area contributed by atoms with Crippen LogP contribution in [0.1, 0.15) is 36.1 Å². The van der Waals surface area contributed by atoms with E-state index in [-0.39, 0.29) is 18.4 Å². The number of benzene rings is 2. The normalized spacial score (nSPS) is 17.4. The van der Waals surface area contributed by atoms with Crippen molar-refractivity contribution in [1.82, 2.24) is 9.88 Å². The van der Waals surface area contributed by atoms with Crippen molar-refractivity contribution < 1.29 is 22.7 Å². The van der Waals surface area contributed by atoms with Gasteiger partial charge in [-0.1, -0.05) is 35.1 Å². The number of fused-ring (bicyclic) bond motifs is 1. The van der Waals surface area contributed by atoms with Gasteiger partial charge in [-0.2, -0.15) is 13.2 Å². The molecule has 182 valence electrons. The molecule has 2 aromatic carbocycles. The molecule has 2 heterocycles. The number of hydrogen-bond donors (Lipinski definition) is 0. The van der Waals surface area contributed by atoms with Crippen LogP contribution in [-0.4, -0.2) is 48.1 Å². The molecule has 0 N–H and O–H groups in total. The number of esters is 1. The molecule has 1 saturated heterocycles. The highest BCUT2D eigenvalue weighted by atomic mass is 32.1. The Bertz CT molecular complexity index is 1180. The smallest absolute Gasteiger partial charge is 0.416 e. The first-order valence-corrected chi connectivity index (χ1v) is 12.2. The predicted octanol–water partition coefficient (Wildman–Crippen LogP) is 5.44. The largest absolute Gasteiger partial charge is 0.466 e. The molecule has 4 rings (SSSR count). The number of anilines is 1. The van der Waals surface area contributed by atoms with Crippen molar-refractivity contribution in [1.29, 1.82) is 0 Å². The third kappa shape index (κ3) is 5.70. The van der Waals surface area contributed by atoms with E-state index in [1.54, 1.807) is 6.92 Å². The van der Waals surface area contributed by atoms with Gasteiger partial charge in [0.25, 0.3) is 0 Å². The first-order chi connectivity index (χ1) is 16.1. The Kier molecular flexibility index (Phi) is 7.14. The number of halogens is 3. The molecule has 1 fully saturated rings. The van der Waals surface area contributed by atoms with E-state index in [1.807, 2.05) is 13.0 Å². The van der Waals surface area contributed by atoms with E-state index in [4.69, 9.17) is 4.74 Å². The maximum Gasteiger partial charge on any atom is 0.416 e. The second kappa shape index (κ2) is 9.92. The SMILES string of the molecule is CCOC(=O)Cc1cc(C)cc(CN2CCN(c3nc4ccc(C(F)(F)F)cc4s3)[C@@H](C)C2)c1. The summed E-state index contributed by atoms with van der Waals surface area (Å²) in [5.41, 5.74) is 3.16. The van der Waals surface area contributed by atoms with Gasteiger partial charge in [-0.15, -0.1) is 0 Å². The van der Waals surface area contributed by atoms with Crippen molar-refractivity contribution >= 4 is 32.7 Å². The summed E-state index contributed by atoms with van der Waals surface area (Å²) in [5, 5.41) is 0.758. The van der Waals surface area contributed by atoms with Crippen molar-refractivity contribution in [2.24, 2.45) is 0 Å². The van der Waals surface area contributed by atoms with Gasteiger partial charge >= 0.3 is 12.1 Å². The van der Waals surface area contributed by atoms with Crippen LogP contribution in [0, 0.1) is 6.92 Å². The van der Waals surface area contributed by atoms with Crippen LogP contribution in [0.5, 0.6) is 0 Å². The number of thiazole rings is 1. The third-order valence-corrected chi connectivity index (χ3v) is 6.97. The number of rotatable bonds is 6. The van der Waals surface area contributed by atoms with Crippen molar-refractivity contribution in [2.45, 2.75) is 46.0 Å². The van der Waals surface area contributed by atoms with Crippen LogP contribution in [0.3, 0.4) is 0 Å². The molecule has 1 aromatic heterocycles. The molecule has 0 unspecified atom stereocenters. The van der Waals surface area contributed by atoms with Gasteiger partial charge in [0.15, 0.2) is 5.13 Å². The summed E-state index contributed by atoms with van der Waals surface area (Å²) in [4.78, 5) is 21.0. The van der Waals surface area contributed by atoms with Gasteiger partial charge in [0.1, 0.15) is 0 Å². The third-order valence-electron chi connectivity index (χ3n) is 5.92. The van der Waals surface area contributed by atoms with Gasteiger partial charge in [0, 0.05) is 32.2 Å². The first-order valence-electron chi connectivity index (χ1n) is 11.3. The molecule has 0 bridgehead atoms. The van der Waals surface area contributed by atoms with Gasteiger partial charge in [-0.25, -0.2) is 4.98 Å². The summed E-state index contributed by atoms with van der Waals surface area (Å²) in [6, 6.07) is 10.1.